The number of nitrogens with two attached hydrogens (primary N) is 1. The van der Waals surface area contributed by atoms with Gasteiger partial charge >= 0.3 is 0 Å². The lowest BCUT2D eigenvalue weighted by Crippen LogP contribution is -2.41. The first-order valence-electron chi connectivity index (χ1n) is 7.31. The van der Waals surface area contributed by atoms with E-state index in [9.17, 15) is 4.79 Å². The van der Waals surface area contributed by atoms with Crippen molar-refractivity contribution < 1.29 is 4.79 Å². The van der Waals surface area contributed by atoms with Gasteiger partial charge in [0.2, 0.25) is 0 Å². The van der Waals surface area contributed by atoms with Gasteiger partial charge in [-0.1, -0.05) is 31.4 Å². The molecule has 4 heteroatoms. The number of hydrogen-bond donors (Lipinski definition) is 1. The van der Waals surface area contributed by atoms with Gasteiger partial charge in [-0.05, 0) is 25.0 Å². The summed E-state index contributed by atoms with van der Waals surface area (Å²) < 4.78 is 1.15. The van der Waals surface area contributed by atoms with Gasteiger partial charge in [0.05, 0.1) is 16.6 Å². The molecule has 2 aromatic rings. The van der Waals surface area contributed by atoms with Crippen molar-refractivity contribution in [1.29, 1.82) is 0 Å². The molecule has 0 bridgehead atoms. The second-order valence-electron chi connectivity index (χ2n) is 5.72. The molecular formula is C16H20N2OS. The minimum absolute atomic E-state index is 0.282. The Balaban J connectivity index is 1.80. The molecular weight excluding hydrogens is 268 g/mol. The average molecular weight is 288 g/mol. The molecule has 0 radical (unpaired) electrons. The maximum absolute atomic E-state index is 12.7. The van der Waals surface area contributed by atoms with Crippen molar-refractivity contribution in [2.45, 2.75) is 38.5 Å². The zero-order valence-corrected chi connectivity index (χ0v) is 12.4. The molecule has 0 unspecified atom stereocenters. The van der Waals surface area contributed by atoms with E-state index in [-0.39, 0.29) is 5.41 Å². The Kier molecular flexibility index (Phi) is 3.85. The molecule has 20 heavy (non-hydrogen) atoms. The number of nitrogens with zero attached hydrogens (tertiary/aromatic N) is 1. The summed E-state index contributed by atoms with van der Waals surface area (Å²) in [5.74, 6) is 0.291. The van der Waals surface area contributed by atoms with Crippen LogP contribution in [-0.4, -0.2) is 17.3 Å². The Labute approximate surface area is 123 Å². The van der Waals surface area contributed by atoms with E-state index in [0.29, 0.717) is 18.7 Å². The van der Waals surface area contributed by atoms with E-state index in [1.807, 2.05) is 18.2 Å². The summed E-state index contributed by atoms with van der Waals surface area (Å²) in [6.07, 6.45) is 5.83. The largest absolute Gasteiger partial charge is 0.329 e. The fraction of sp³-hybridized carbons (Fsp3) is 0.500. The van der Waals surface area contributed by atoms with Gasteiger partial charge in [0.1, 0.15) is 10.8 Å². The number of para-hydroxylation sites is 1. The molecule has 1 aromatic carbocycles. The number of hydrogen-bond acceptors (Lipinski definition) is 4. The summed E-state index contributed by atoms with van der Waals surface area (Å²) in [7, 11) is 0. The number of benzene rings is 1. The number of aromatic nitrogens is 1. The molecule has 3 rings (SSSR count). The van der Waals surface area contributed by atoms with Gasteiger partial charge in [-0.15, -0.1) is 11.3 Å². The lowest BCUT2D eigenvalue weighted by Gasteiger charge is -2.34. The van der Waals surface area contributed by atoms with Gasteiger partial charge < -0.3 is 5.73 Å². The predicted octanol–water partition coefficient (Wildman–Crippen LogP) is 3.32. The van der Waals surface area contributed by atoms with Crippen LogP contribution in [0.2, 0.25) is 0 Å². The second-order valence-corrected chi connectivity index (χ2v) is 6.84. The topological polar surface area (TPSA) is 56.0 Å². The van der Waals surface area contributed by atoms with Gasteiger partial charge in [0, 0.05) is 12.0 Å². The minimum Gasteiger partial charge on any atom is -0.329 e. The molecule has 1 aromatic heterocycles. The van der Waals surface area contributed by atoms with Crippen molar-refractivity contribution in [3.05, 3.63) is 29.3 Å². The van der Waals surface area contributed by atoms with Crippen LogP contribution in [0.5, 0.6) is 0 Å². The first-order chi connectivity index (χ1) is 9.73. The molecule has 1 aliphatic rings. The Morgan fingerprint density at radius 2 is 2.00 bits per heavy atom. The Bertz CT molecular complexity index is 581. The molecule has 0 amide bonds. The van der Waals surface area contributed by atoms with Gasteiger partial charge in [-0.25, -0.2) is 4.98 Å². The van der Waals surface area contributed by atoms with Crippen LogP contribution in [0.25, 0.3) is 10.2 Å². The van der Waals surface area contributed by atoms with Crippen molar-refractivity contribution in [2.24, 2.45) is 11.1 Å². The number of carbonyl (C=O) groups excluding carboxylic acids is 1. The summed E-state index contributed by atoms with van der Waals surface area (Å²) in [5, 5.41) is 0.926. The quantitative estimate of drug-likeness (QED) is 0.939. The van der Waals surface area contributed by atoms with Crippen LogP contribution in [0.4, 0.5) is 0 Å². The van der Waals surface area contributed by atoms with Crippen LogP contribution in [0.15, 0.2) is 24.3 Å². The maximum Gasteiger partial charge on any atom is 0.147 e. The third-order valence-corrected chi connectivity index (χ3v) is 5.48. The van der Waals surface area contributed by atoms with Crippen LogP contribution in [0.1, 0.15) is 37.1 Å². The average Bonchev–Trinajstić information content (AvgIpc) is 2.90. The van der Waals surface area contributed by atoms with Gasteiger partial charge in [-0.2, -0.15) is 0 Å². The maximum atomic E-state index is 12.7. The van der Waals surface area contributed by atoms with Crippen molar-refractivity contribution in [3.8, 4) is 0 Å². The first kappa shape index (κ1) is 13.7. The van der Waals surface area contributed by atoms with E-state index < -0.39 is 0 Å². The third-order valence-electron chi connectivity index (χ3n) is 4.44. The first-order valence-corrected chi connectivity index (χ1v) is 8.13. The number of ketones is 1. The van der Waals surface area contributed by atoms with Crippen LogP contribution >= 0.6 is 11.3 Å². The number of rotatable bonds is 4. The smallest absolute Gasteiger partial charge is 0.147 e. The lowest BCUT2D eigenvalue weighted by molar-refractivity contribution is -0.129. The highest BCUT2D eigenvalue weighted by atomic mass is 32.1. The summed E-state index contributed by atoms with van der Waals surface area (Å²) >= 11 is 1.63. The molecule has 1 heterocycles. The Morgan fingerprint density at radius 1 is 1.25 bits per heavy atom. The van der Waals surface area contributed by atoms with Crippen molar-refractivity contribution in [1.82, 2.24) is 4.98 Å². The molecule has 0 atom stereocenters. The normalized spacial score (nSPS) is 18.2. The summed E-state index contributed by atoms with van der Waals surface area (Å²) in [6.45, 7) is 0.483. The monoisotopic (exact) mass is 288 g/mol. The molecule has 2 N–H and O–H groups in total. The summed E-state index contributed by atoms with van der Waals surface area (Å²) in [5.41, 5.74) is 6.64. The van der Waals surface area contributed by atoms with Crippen LogP contribution in [0, 0.1) is 5.41 Å². The lowest BCUT2D eigenvalue weighted by atomic mass is 9.70. The van der Waals surface area contributed by atoms with Crippen LogP contribution in [-0.2, 0) is 11.2 Å². The fourth-order valence-electron chi connectivity index (χ4n) is 3.15. The van der Waals surface area contributed by atoms with Crippen LogP contribution in [0.3, 0.4) is 0 Å². The molecule has 1 fully saturated rings. The standard InChI is InChI=1S/C16H20N2OS/c17-11-16(8-4-1-5-9-16)14(19)10-15-18-12-6-2-3-7-13(12)20-15/h2-3,6-7H,1,4-5,8-11,17H2. The van der Waals surface area contributed by atoms with E-state index in [1.165, 1.54) is 6.42 Å². The number of fused-ring (bicyclic) bond motifs is 1. The summed E-state index contributed by atoms with van der Waals surface area (Å²) in [4.78, 5) is 17.3. The van der Waals surface area contributed by atoms with Gasteiger partial charge in [0.15, 0.2) is 0 Å². The highest BCUT2D eigenvalue weighted by molar-refractivity contribution is 7.18. The van der Waals surface area contributed by atoms with Gasteiger partial charge in [0.25, 0.3) is 0 Å². The predicted molar refractivity (Wildman–Crippen MR) is 82.9 cm³/mol. The zero-order chi connectivity index (χ0) is 14.0. The highest BCUT2D eigenvalue weighted by Gasteiger charge is 2.37. The molecule has 1 aliphatic carbocycles. The molecule has 3 nitrogen and oxygen atoms in total. The van der Waals surface area contributed by atoms with E-state index in [1.54, 1.807) is 11.3 Å². The van der Waals surface area contributed by atoms with E-state index in [4.69, 9.17) is 5.73 Å². The SMILES string of the molecule is NCC1(C(=O)Cc2nc3ccccc3s2)CCCCC1. The van der Waals surface area contributed by atoms with E-state index >= 15 is 0 Å². The Morgan fingerprint density at radius 3 is 2.70 bits per heavy atom. The molecule has 0 saturated heterocycles. The number of carbonyl (C=O) groups is 1. The van der Waals surface area contributed by atoms with E-state index in [0.717, 1.165) is 40.9 Å². The number of thiazole rings is 1. The minimum atomic E-state index is -0.282. The summed E-state index contributed by atoms with van der Waals surface area (Å²) in [6, 6.07) is 8.05. The highest BCUT2D eigenvalue weighted by Crippen LogP contribution is 2.37. The van der Waals surface area contributed by atoms with Crippen molar-refractivity contribution in [2.75, 3.05) is 6.54 Å². The van der Waals surface area contributed by atoms with Crippen molar-refractivity contribution in [3.63, 3.8) is 0 Å². The Hall–Kier alpha value is -1.26. The van der Waals surface area contributed by atoms with Crippen LogP contribution < -0.4 is 5.73 Å². The van der Waals surface area contributed by atoms with E-state index in [2.05, 4.69) is 11.1 Å². The zero-order valence-electron chi connectivity index (χ0n) is 11.6. The second kappa shape index (κ2) is 5.62. The molecule has 0 aliphatic heterocycles. The third kappa shape index (κ3) is 2.50. The van der Waals surface area contributed by atoms with Gasteiger partial charge in [-0.3, -0.25) is 4.79 Å². The van der Waals surface area contributed by atoms with Crippen molar-refractivity contribution >= 4 is 27.3 Å². The number of Topliss-reactive ketones (excluding diaryl/α,β-unsaturated/α-hetero) is 1. The fourth-order valence-corrected chi connectivity index (χ4v) is 4.11. The molecule has 1 saturated carbocycles. The molecule has 106 valence electrons. The molecule has 0 spiro atoms.